The van der Waals surface area contributed by atoms with Crippen molar-refractivity contribution in [3.63, 3.8) is 0 Å². The van der Waals surface area contributed by atoms with Gasteiger partial charge in [0, 0.05) is 12.2 Å². The molecule has 0 aliphatic rings. The van der Waals surface area contributed by atoms with Crippen LogP contribution in [0.2, 0.25) is 0 Å². The summed E-state index contributed by atoms with van der Waals surface area (Å²) in [4.78, 5) is 38.1. The molecule has 0 spiro atoms. The number of aryl methyl sites for hydroxylation is 1. The molecule has 0 unspecified atom stereocenters. The summed E-state index contributed by atoms with van der Waals surface area (Å²) in [5.41, 5.74) is 0.206. The first-order chi connectivity index (χ1) is 14.0. The lowest BCUT2D eigenvalue weighted by Crippen LogP contribution is -2.29. The largest absolute Gasteiger partial charge is 0.352 e. The number of benzene rings is 1. The molecule has 0 radical (unpaired) electrons. The Balaban J connectivity index is 1.75. The zero-order valence-corrected chi connectivity index (χ0v) is 16.4. The van der Waals surface area contributed by atoms with Crippen LogP contribution in [0.1, 0.15) is 19.8 Å². The Morgan fingerprint density at radius 3 is 2.69 bits per heavy atom. The van der Waals surface area contributed by atoms with Crippen LogP contribution >= 0.6 is 11.3 Å². The van der Waals surface area contributed by atoms with Gasteiger partial charge in [-0.3, -0.25) is 14.2 Å². The number of rotatable bonds is 6. The Morgan fingerprint density at radius 2 is 1.97 bits per heavy atom. The van der Waals surface area contributed by atoms with Gasteiger partial charge in [-0.05, 0) is 42.1 Å². The van der Waals surface area contributed by atoms with Crippen LogP contribution in [0.5, 0.6) is 0 Å². The average molecular weight is 415 g/mol. The van der Waals surface area contributed by atoms with Gasteiger partial charge in [0.25, 0.3) is 5.56 Å². The third-order valence-corrected chi connectivity index (χ3v) is 5.44. The number of amides is 1. The molecule has 0 aliphatic heterocycles. The number of unbranched alkanes of at least 4 members (excludes halogenated alkanes) is 1. The highest BCUT2D eigenvalue weighted by Crippen LogP contribution is 2.17. The van der Waals surface area contributed by atoms with E-state index in [1.807, 2.05) is 6.92 Å². The lowest BCUT2D eigenvalue weighted by Gasteiger charge is -2.06. The zero-order valence-electron chi connectivity index (χ0n) is 15.6. The fraction of sp³-hybridized carbons (Fsp3) is 0.263. The topological polar surface area (TPSA) is 90.4 Å². The molecule has 29 heavy (non-hydrogen) atoms. The minimum Gasteiger partial charge on any atom is -0.324 e. The molecule has 0 aliphatic carbocycles. The fourth-order valence-electron chi connectivity index (χ4n) is 3.12. The van der Waals surface area contributed by atoms with E-state index in [9.17, 15) is 18.8 Å². The van der Waals surface area contributed by atoms with E-state index in [-0.39, 0.29) is 17.9 Å². The number of hydrogen-bond donors (Lipinski definition) is 1. The normalized spacial score (nSPS) is 11.4. The van der Waals surface area contributed by atoms with E-state index in [0.29, 0.717) is 22.4 Å². The van der Waals surface area contributed by atoms with Crippen molar-refractivity contribution >= 4 is 38.9 Å². The van der Waals surface area contributed by atoms with E-state index in [2.05, 4.69) is 10.4 Å². The Morgan fingerprint density at radius 1 is 1.21 bits per heavy atom. The second-order valence-electron chi connectivity index (χ2n) is 6.58. The maximum Gasteiger partial charge on any atom is 0.352 e. The van der Waals surface area contributed by atoms with Gasteiger partial charge in [0.15, 0.2) is 0 Å². The van der Waals surface area contributed by atoms with Crippen LogP contribution in [0.15, 0.2) is 45.3 Å². The van der Waals surface area contributed by atoms with Gasteiger partial charge in [-0.2, -0.15) is 0 Å². The Bertz CT molecular complexity index is 1320. The molecule has 1 aromatic carbocycles. The number of fused-ring (bicyclic) bond motifs is 3. The summed E-state index contributed by atoms with van der Waals surface area (Å²) in [7, 11) is 0. The van der Waals surface area contributed by atoms with Crippen molar-refractivity contribution in [3.05, 3.63) is 62.4 Å². The second-order valence-corrected chi connectivity index (χ2v) is 7.49. The Kier molecular flexibility index (Phi) is 5.01. The smallest absolute Gasteiger partial charge is 0.324 e. The molecule has 0 fully saturated rings. The first-order valence-electron chi connectivity index (χ1n) is 9.14. The highest BCUT2D eigenvalue weighted by atomic mass is 32.1. The quantitative estimate of drug-likeness (QED) is 0.524. The SMILES string of the molecule is CCCCn1c(=O)c2sccc2n2c(=O)n(CC(=O)Nc3ccc(F)cc3)nc12. The molecule has 1 amide bonds. The number of carbonyl (C=O) groups is 1. The molecule has 4 aromatic rings. The van der Waals surface area contributed by atoms with E-state index >= 15 is 0 Å². The summed E-state index contributed by atoms with van der Waals surface area (Å²) in [5.74, 6) is -0.676. The maximum absolute atomic E-state index is 13.0. The minimum atomic E-state index is -0.497. The summed E-state index contributed by atoms with van der Waals surface area (Å²) in [6.07, 6.45) is 1.64. The van der Waals surface area contributed by atoms with Gasteiger partial charge in [0.1, 0.15) is 17.1 Å². The number of carbonyl (C=O) groups excluding carboxylic acids is 1. The number of aromatic nitrogens is 4. The summed E-state index contributed by atoms with van der Waals surface area (Å²) in [6, 6.07) is 7.01. The third-order valence-electron chi connectivity index (χ3n) is 4.55. The molecule has 4 rings (SSSR count). The second kappa shape index (κ2) is 7.63. The van der Waals surface area contributed by atoms with Crippen LogP contribution < -0.4 is 16.6 Å². The van der Waals surface area contributed by atoms with Gasteiger partial charge < -0.3 is 5.32 Å². The first kappa shape index (κ1) is 19.1. The van der Waals surface area contributed by atoms with Gasteiger partial charge in [0.05, 0.1) is 5.52 Å². The summed E-state index contributed by atoms with van der Waals surface area (Å²) < 4.78 is 17.4. The van der Waals surface area contributed by atoms with Gasteiger partial charge in [-0.25, -0.2) is 18.3 Å². The molecule has 0 saturated carbocycles. The maximum atomic E-state index is 13.0. The number of halogens is 1. The number of hydrogen-bond acceptors (Lipinski definition) is 5. The predicted molar refractivity (Wildman–Crippen MR) is 109 cm³/mol. The van der Waals surface area contributed by atoms with Crippen LogP contribution in [0, 0.1) is 5.82 Å². The van der Waals surface area contributed by atoms with E-state index < -0.39 is 17.4 Å². The van der Waals surface area contributed by atoms with E-state index in [1.165, 1.54) is 44.6 Å². The molecular formula is C19H18FN5O3S. The number of nitrogens with one attached hydrogen (secondary N) is 1. The Labute approximate surface area is 167 Å². The van der Waals surface area contributed by atoms with E-state index in [1.54, 1.807) is 11.4 Å². The van der Waals surface area contributed by atoms with Crippen LogP contribution in [0.3, 0.4) is 0 Å². The van der Waals surface area contributed by atoms with E-state index in [0.717, 1.165) is 17.5 Å². The molecule has 3 aromatic heterocycles. The van der Waals surface area contributed by atoms with Crippen LogP contribution in [0.4, 0.5) is 10.1 Å². The first-order valence-corrected chi connectivity index (χ1v) is 10.0. The zero-order chi connectivity index (χ0) is 20.5. The molecule has 1 N–H and O–H groups in total. The highest BCUT2D eigenvalue weighted by Gasteiger charge is 2.19. The molecular weight excluding hydrogens is 397 g/mol. The summed E-state index contributed by atoms with van der Waals surface area (Å²) >= 11 is 1.27. The van der Waals surface area contributed by atoms with Crippen molar-refractivity contribution in [1.29, 1.82) is 0 Å². The number of nitrogens with zero attached hydrogens (tertiary/aromatic N) is 4. The lowest BCUT2D eigenvalue weighted by molar-refractivity contribution is -0.117. The third kappa shape index (κ3) is 3.46. The predicted octanol–water partition coefficient (Wildman–Crippen LogP) is 2.45. The van der Waals surface area contributed by atoms with Gasteiger partial charge in [-0.15, -0.1) is 16.4 Å². The summed E-state index contributed by atoms with van der Waals surface area (Å²) in [5, 5.41) is 8.62. The number of anilines is 1. The molecule has 0 bridgehead atoms. The Hall–Kier alpha value is -3.27. The minimum absolute atomic E-state index is 0.191. The molecule has 0 atom stereocenters. The van der Waals surface area contributed by atoms with Crippen molar-refractivity contribution in [1.82, 2.24) is 18.7 Å². The number of thiophene rings is 1. The van der Waals surface area contributed by atoms with Crippen molar-refractivity contribution in [2.75, 3.05) is 5.32 Å². The lowest BCUT2D eigenvalue weighted by atomic mass is 10.3. The van der Waals surface area contributed by atoms with Crippen molar-refractivity contribution in [3.8, 4) is 0 Å². The monoisotopic (exact) mass is 415 g/mol. The van der Waals surface area contributed by atoms with Crippen molar-refractivity contribution in [2.24, 2.45) is 0 Å². The standard InChI is InChI=1S/C19H18FN5O3S/c1-2-3-9-23-17(27)16-14(8-10-29-16)25-18(23)22-24(19(25)28)11-15(26)21-13-6-4-12(20)5-7-13/h4-8,10H,2-3,9,11H2,1H3,(H,21,26). The van der Waals surface area contributed by atoms with Crippen LogP contribution in [0.25, 0.3) is 16.0 Å². The highest BCUT2D eigenvalue weighted by molar-refractivity contribution is 7.17. The van der Waals surface area contributed by atoms with Gasteiger partial charge in [0.2, 0.25) is 11.7 Å². The van der Waals surface area contributed by atoms with Crippen molar-refractivity contribution < 1.29 is 9.18 Å². The van der Waals surface area contributed by atoms with E-state index in [4.69, 9.17) is 0 Å². The molecule has 10 heteroatoms. The van der Waals surface area contributed by atoms with Gasteiger partial charge in [-0.1, -0.05) is 13.3 Å². The average Bonchev–Trinajstić information content (AvgIpc) is 3.29. The fourth-order valence-corrected chi connectivity index (χ4v) is 3.95. The van der Waals surface area contributed by atoms with Crippen LogP contribution in [-0.4, -0.2) is 24.7 Å². The van der Waals surface area contributed by atoms with Crippen LogP contribution in [-0.2, 0) is 17.9 Å². The van der Waals surface area contributed by atoms with Crippen molar-refractivity contribution in [2.45, 2.75) is 32.9 Å². The van der Waals surface area contributed by atoms with Gasteiger partial charge >= 0.3 is 5.69 Å². The molecule has 0 saturated heterocycles. The molecule has 150 valence electrons. The molecule has 8 nitrogen and oxygen atoms in total. The molecule has 3 heterocycles. The summed E-state index contributed by atoms with van der Waals surface area (Å²) in [6.45, 7) is 2.12.